The minimum Gasteiger partial charge on any atom is -0.493 e. The fraction of sp³-hybridized carbons (Fsp3) is 0.571. The third kappa shape index (κ3) is 3.34. The predicted molar refractivity (Wildman–Crippen MR) is 67.9 cm³/mol. The molecule has 1 aromatic carbocycles. The highest BCUT2D eigenvalue weighted by Gasteiger charge is 2.18. The Balaban J connectivity index is 1.99. The third-order valence-electron chi connectivity index (χ3n) is 3.47. The van der Waals surface area contributed by atoms with Crippen LogP contribution < -0.4 is 10.5 Å². The summed E-state index contributed by atoms with van der Waals surface area (Å²) in [6.07, 6.45) is 3.45. The molecule has 0 aliphatic heterocycles. The summed E-state index contributed by atoms with van der Waals surface area (Å²) in [5.74, 6) is 0.770. The molecule has 0 radical (unpaired) electrons. The molecule has 0 bridgehead atoms. The quantitative estimate of drug-likeness (QED) is 0.820. The zero-order chi connectivity index (χ0) is 13.0. The Bertz CT molecular complexity index is 389. The van der Waals surface area contributed by atoms with Crippen molar-refractivity contribution in [3.05, 3.63) is 23.8 Å². The lowest BCUT2D eigenvalue weighted by atomic mass is 9.90. The minimum absolute atomic E-state index is 0.106. The zero-order valence-electron chi connectivity index (χ0n) is 10.4. The van der Waals surface area contributed by atoms with E-state index in [4.69, 9.17) is 10.5 Å². The molecule has 1 aromatic rings. The van der Waals surface area contributed by atoms with Crippen molar-refractivity contribution in [3.63, 3.8) is 0 Å². The number of hydrogen-bond acceptors (Lipinski definition) is 2. The molecule has 0 atom stereocenters. The van der Waals surface area contributed by atoms with Crippen LogP contribution in [0.3, 0.4) is 0 Å². The highest BCUT2D eigenvalue weighted by Crippen LogP contribution is 2.32. The van der Waals surface area contributed by atoms with Crippen LogP contribution in [0.1, 0.15) is 44.1 Å². The summed E-state index contributed by atoms with van der Waals surface area (Å²) in [6.45, 7) is 0.531. The Morgan fingerprint density at radius 2 is 1.94 bits per heavy atom. The van der Waals surface area contributed by atoms with Crippen molar-refractivity contribution in [2.24, 2.45) is 5.92 Å². The van der Waals surface area contributed by atoms with Crippen LogP contribution in [0.25, 0.3) is 0 Å². The Kier molecular flexibility index (Phi) is 4.39. The Morgan fingerprint density at radius 3 is 2.61 bits per heavy atom. The number of hydrogen-bond donors (Lipinski definition) is 1. The Hall–Kier alpha value is -1.32. The van der Waals surface area contributed by atoms with Crippen LogP contribution in [0.4, 0.5) is 14.5 Å². The lowest BCUT2D eigenvalue weighted by Crippen LogP contribution is -2.15. The molecule has 0 spiro atoms. The number of ether oxygens (including phenoxy) is 1. The van der Waals surface area contributed by atoms with Crippen LogP contribution >= 0.6 is 0 Å². The monoisotopic (exact) mass is 255 g/mol. The van der Waals surface area contributed by atoms with Crippen LogP contribution in [-0.4, -0.2) is 6.61 Å². The van der Waals surface area contributed by atoms with E-state index in [-0.39, 0.29) is 11.3 Å². The highest BCUT2D eigenvalue weighted by atomic mass is 19.3. The van der Waals surface area contributed by atoms with E-state index in [1.165, 1.54) is 25.3 Å². The molecule has 0 amide bonds. The number of alkyl halides is 2. The van der Waals surface area contributed by atoms with Gasteiger partial charge in [0.2, 0.25) is 0 Å². The second-order valence-electron chi connectivity index (χ2n) is 4.91. The molecule has 100 valence electrons. The molecule has 0 aromatic heterocycles. The molecular weight excluding hydrogens is 236 g/mol. The maximum Gasteiger partial charge on any atom is 0.267 e. The van der Waals surface area contributed by atoms with Gasteiger partial charge in [0, 0.05) is 5.69 Å². The lowest BCUT2D eigenvalue weighted by molar-refractivity contribution is 0.140. The van der Waals surface area contributed by atoms with Gasteiger partial charge in [0.1, 0.15) is 5.75 Å². The largest absolute Gasteiger partial charge is 0.493 e. The maximum absolute atomic E-state index is 12.8. The van der Waals surface area contributed by atoms with E-state index >= 15 is 0 Å². The molecule has 0 heterocycles. The Morgan fingerprint density at radius 1 is 1.22 bits per heavy atom. The number of nitrogen functional groups attached to an aromatic ring is 1. The van der Waals surface area contributed by atoms with Crippen LogP contribution in [-0.2, 0) is 0 Å². The molecule has 2 nitrogen and oxygen atoms in total. The first-order valence-corrected chi connectivity index (χ1v) is 6.47. The molecule has 1 saturated carbocycles. The van der Waals surface area contributed by atoms with Crippen molar-refractivity contribution < 1.29 is 13.5 Å². The predicted octanol–water partition coefficient (Wildman–Crippen LogP) is 4.17. The second kappa shape index (κ2) is 6.03. The molecular formula is C14H19F2NO. The molecule has 18 heavy (non-hydrogen) atoms. The van der Waals surface area contributed by atoms with E-state index in [2.05, 4.69) is 0 Å². The molecule has 1 fully saturated rings. The maximum atomic E-state index is 12.8. The molecule has 2 rings (SSSR count). The van der Waals surface area contributed by atoms with Crippen molar-refractivity contribution in [2.45, 2.75) is 38.5 Å². The van der Waals surface area contributed by atoms with Crippen molar-refractivity contribution >= 4 is 5.69 Å². The normalized spacial score (nSPS) is 17.1. The SMILES string of the molecule is Nc1ccc(OCC2CCCCC2)c(C(F)F)c1. The first kappa shape index (κ1) is 13.1. The van der Waals surface area contributed by atoms with E-state index in [0.29, 0.717) is 18.2 Å². The Labute approximate surface area is 106 Å². The average Bonchev–Trinajstić information content (AvgIpc) is 2.38. The number of benzene rings is 1. The van der Waals surface area contributed by atoms with Gasteiger partial charge in [-0.05, 0) is 37.0 Å². The van der Waals surface area contributed by atoms with Crippen LogP contribution in [0.2, 0.25) is 0 Å². The van der Waals surface area contributed by atoms with Gasteiger partial charge in [0.25, 0.3) is 6.43 Å². The fourth-order valence-electron chi connectivity index (χ4n) is 2.43. The number of halogens is 2. The number of anilines is 1. The molecule has 1 aliphatic rings. The summed E-state index contributed by atoms with van der Waals surface area (Å²) in [5, 5.41) is 0. The van der Waals surface area contributed by atoms with Crippen molar-refractivity contribution in [2.75, 3.05) is 12.3 Å². The molecule has 4 heteroatoms. The standard InChI is InChI=1S/C14H19F2NO/c15-14(16)12-8-11(17)6-7-13(12)18-9-10-4-2-1-3-5-10/h6-8,10,14H,1-5,9,17H2. The number of rotatable bonds is 4. The van der Waals surface area contributed by atoms with Crippen LogP contribution in [0.5, 0.6) is 5.75 Å². The van der Waals surface area contributed by atoms with Gasteiger partial charge in [-0.25, -0.2) is 8.78 Å². The fourth-order valence-corrected chi connectivity index (χ4v) is 2.43. The smallest absolute Gasteiger partial charge is 0.267 e. The van der Waals surface area contributed by atoms with E-state index < -0.39 is 6.43 Å². The summed E-state index contributed by atoms with van der Waals surface area (Å²) >= 11 is 0. The topological polar surface area (TPSA) is 35.2 Å². The molecule has 0 saturated heterocycles. The summed E-state index contributed by atoms with van der Waals surface area (Å²) in [6, 6.07) is 4.43. The van der Waals surface area contributed by atoms with Gasteiger partial charge in [-0.3, -0.25) is 0 Å². The zero-order valence-corrected chi connectivity index (χ0v) is 10.4. The number of nitrogens with two attached hydrogens (primary N) is 1. The lowest BCUT2D eigenvalue weighted by Gasteiger charge is -2.22. The van der Waals surface area contributed by atoms with Gasteiger partial charge in [-0.15, -0.1) is 0 Å². The first-order chi connectivity index (χ1) is 8.66. The van der Waals surface area contributed by atoms with Crippen molar-refractivity contribution in [1.82, 2.24) is 0 Å². The highest BCUT2D eigenvalue weighted by molar-refractivity contribution is 5.48. The van der Waals surface area contributed by atoms with Crippen molar-refractivity contribution in [3.8, 4) is 5.75 Å². The van der Waals surface area contributed by atoms with E-state index in [9.17, 15) is 8.78 Å². The van der Waals surface area contributed by atoms with Gasteiger partial charge in [-0.2, -0.15) is 0 Å². The van der Waals surface area contributed by atoms with Gasteiger partial charge in [0.05, 0.1) is 12.2 Å². The average molecular weight is 255 g/mol. The summed E-state index contributed by atoms with van der Waals surface area (Å²) in [7, 11) is 0. The minimum atomic E-state index is -2.55. The van der Waals surface area contributed by atoms with Gasteiger partial charge in [0.15, 0.2) is 0 Å². The summed E-state index contributed by atoms with van der Waals surface area (Å²) in [5.41, 5.74) is 5.75. The summed E-state index contributed by atoms with van der Waals surface area (Å²) in [4.78, 5) is 0. The van der Waals surface area contributed by atoms with Gasteiger partial charge < -0.3 is 10.5 Å². The van der Waals surface area contributed by atoms with Crippen LogP contribution in [0, 0.1) is 5.92 Å². The molecule has 1 aliphatic carbocycles. The van der Waals surface area contributed by atoms with Crippen molar-refractivity contribution in [1.29, 1.82) is 0 Å². The first-order valence-electron chi connectivity index (χ1n) is 6.47. The van der Waals surface area contributed by atoms with E-state index in [0.717, 1.165) is 12.8 Å². The second-order valence-corrected chi connectivity index (χ2v) is 4.91. The molecule has 2 N–H and O–H groups in total. The van der Waals surface area contributed by atoms with E-state index in [1.807, 2.05) is 0 Å². The van der Waals surface area contributed by atoms with Gasteiger partial charge in [-0.1, -0.05) is 19.3 Å². The van der Waals surface area contributed by atoms with Crippen LogP contribution in [0.15, 0.2) is 18.2 Å². The molecule has 0 unspecified atom stereocenters. The third-order valence-corrected chi connectivity index (χ3v) is 3.47. The van der Waals surface area contributed by atoms with Gasteiger partial charge >= 0.3 is 0 Å². The summed E-state index contributed by atoms with van der Waals surface area (Å²) < 4.78 is 31.2. The van der Waals surface area contributed by atoms with E-state index in [1.54, 1.807) is 12.1 Å².